The highest BCUT2D eigenvalue weighted by Crippen LogP contribution is 2.29. The molecule has 0 aliphatic heterocycles. The van der Waals surface area contributed by atoms with E-state index in [9.17, 15) is 4.79 Å². The molecule has 1 N–H and O–H groups in total. The molecule has 4 heteroatoms. The van der Waals surface area contributed by atoms with E-state index in [1.54, 1.807) is 23.5 Å². The van der Waals surface area contributed by atoms with Gasteiger partial charge in [-0.2, -0.15) is 0 Å². The van der Waals surface area contributed by atoms with Crippen LogP contribution >= 0.6 is 23.5 Å². The maximum absolute atomic E-state index is 10.7. The number of rotatable bonds is 4. The zero-order valence-corrected chi connectivity index (χ0v) is 10.7. The summed E-state index contributed by atoms with van der Waals surface area (Å²) in [6.07, 6.45) is 4.08. The fourth-order valence-corrected chi connectivity index (χ4v) is 2.74. The summed E-state index contributed by atoms with van der Waals surface area (Å²) in [7, 11) is 0. The first kappa shape index (κ1) is 12.5. The van der Waals surface area contributed by atoms with Crippen molar-refractivity contribution < 1.29 is 9.90 Å². The molecule has 2 nitrogen and oxygen atoms in total. The van der Waals surface area contributed by atoms with E-state index in [1.165, 1.54) is 5.56 Å². The molecule has 0 spiro atoms. The highest BCUT2D eigenvalue weighted by molar-refractivity contribution is 7.99. The van der Waals surface area contributed by atoms with Gasteiger partial charge in [0.05, 0.1) is 6.42 Å². The molecule has 1 aromatic carbocycles. The van der Waals surface area contributed by atoms with Gasteiger partial charge in [0.2, 0.25) is 0 Å². The molecule has 0 heterocycles. The van der Waals surface area contributed by atoms with Gasteiger partial charge in [-0.1, -0.05) is 0 Å². The lowest BCUT2D eigenvalue weighted by molar-refractivity contribution is -0.136. The standard InChI is InChI=1S/C11H14O2S2/c1-7-4-10(15-3)8(6-11(12)13)5-9(7)14-2/h4-5H,6H2,1-3H3,(H,12,13). The number of carboxylic acids is 1. The van der Waals surface area contributed by atoms with Crippen molar-refractivity contribution >= 4 is 29.5 Å². The second kappa shape index (κ2) is 5.47. The molecule has 0 atom stereocenters. The van der Waals surface area contributed by atoms with Crippen molar-refractivity contribution in [3.63, 3.8) is 0 Å². The summed E-state index contributed by atoms with van der Waals surface area (Å²) in [5.74, 6) is -0.777. The largest absolute Gasteiger partial charge is 0.481 e. The van der Waals surface area contributed by atoms with E-state index in [0.717, 1.165) is 15.4 Å². The van der Waals surface area contributed by atoms with E-state index >= 15 is 0 Å². The molecule has 0 saturated carbocycles. The van der Waals surface area contributed by atoms with Crippen molar-refractivity contribution in [3.8, 4) is 0 Å². The fourth-order valence-electron chi connectivity index (χ4n) is 1.41. The second-order valence-corrected chi connectivity index (χ2v) is 4.90. The van der Waals surface area contributed by atoms with Crippen molar-refractivity contribution in [1.82, 2.24) is 0 Å². The van der Waals surface area contributed by atoms with Crippen molar-refractivity contribution in [1.29, 1.82) is 0 Å². The van der Waals surface area contributed by atoms with E-state index in [-0.39, 0.29) is 6.42 Å². The van der Waals surface area contributed by atoms with Crippen LogP contribution in [0.5, 0.6) is 0 Å². The van der Waals surface area contributed by atoms with Gasteiger partial charge in [0, 0.05) is 9.79 Å². The Kier molecular flexibility index (Phi) is 4.54. The van der Waals surface area contributed by atoms with Gasteiger partial charge < -0.3 is 5.11 Å². The van der Waals surface area contributed by atoms with Gasteiger partial charge in [-0.15, -0.1) is 23.5 Å². The second-order valence-electron chi connectivity index (χ2n) is 3.20. The van der Waals surface area contributed by atoms with E-state index in [2.05, 4.69) is 13.0 Å². The van der Waals surface area contributed by atoms with Gasteiger partial charge in [-0.25, -0.2) is 0 Å². The first-order valence-corrected chi connectivity index (χ1v) is 6.96. The minimum Gasteiger partial charge on any atom is -0.481 e. The molecule has 0 aliphatic carbocycles. The van der Waals surface area contributed by atoms with Gasteiger partial charge in [0.15, 0.2) is 0 Å². The van der Waals surface area contributed by atoms with Crippen molar-refractivity contribution in [2.45, 2.75) is 23.1 Å². The number of aryl methyl sites for hydroxylation is 1. The molecule has 82 valence electrons. The van der Waals surface area contributed by atoms with Crippen LogP contribution < -0.4 is 0 Å². The molecule has 0 radical (unpaired) electrons. The molecule has 0 bridgehead atoms. The van der Waals surface area contributed by atoms with Crippen LogP contribution in [0, 0.1) is 6.92 Å². The number of carbonyl (C=O) groups is 1. The normalized spacial score (nSPS) is 10.3. The summed E-state index contributed by atoms with van der Waals surface area (Å²) >= 11 is 3.25. The van der Waals surface area contributed by atoms with Gasteiger partial charge in [0.25, 0.3) is 0 Å². The Morgan fingerprint density at radius 1 is 1.27 bits per heavy atom. The summed E-state index contributed by atoms with van der Waals surface area (Å²) in [6, 6.07) is 4.05. The summed E-state index contributed by atoms with van der Waals surface area (Å²) in [4.78, 5) is 12.9. The number of hydrogen-bond donors (Lipinski definition) is 1. The summed E-state index contributed by atoms with van der Waals surface area (Å²) < 4.78 is 0. The minimum atomic E-state index is -0.777. The molecule has 0 amide bonds. The van der Waals surface area contributed by atoms with E-state index in [4.69, 9.17) is 5.11 Å². The Labute approximate surface area is 98.5 Å². The summed E-state index contributed by atoms with van der Waals surface area (Å²) in [5.41, 5.74) is 2.12. The number of benzene rings is 1. The lowest BCUT2D eigenvalue weighted by Gasteiger charge is -2.10. The third kappa shape index (κ3) is 3.18. The molecule has 0 fully saturated rings. The van der Waals surface area contributed by atoms with Crippen LogP contribution in [0.2, 0.25) is 0 Å². The monoisotopic (exact) mass is 242 g/mol. The van der Waals surface area contributed by atoms with Gasteiger partial charge in [-0.3, -0.25) is 4.79 Å². The van der Waals surface area contributed by atoms with Crippen LogP contribution in [0.4, 0.5) is 0 Å². The average Bonchev–Trinajstić information content (AvgIpc) is 2.19. The molecular formula is C11H14O2S2. The summed E-state index contributed by atoms with van der Waals surface area (Å²) in [5, 5.41) is 8.80. The SMILES string of the molecule is CSc1cc(CC(=O)O)c(SC)cc1C. The van der Waals surface area contributed by atoms with Crippen LogP contribution in [-0.4, -0.2) is 23.6 Å². The number of hydrogen-bond acceptors (Lipinski definition) is 3. The highest BCUT2D eigenvalue weighted by Gasteiger charge is 2.09. The molecule has 0 aliphatic rings. The van der Waals surface area contributed by atoms with Crippen molar-refractivity contribution in [2.75, 3.05) is 12.5 Å². The van der Waals surface area contributed by atoms with Crippen molar-refractivity contribution in [2.24, 2.45) is 0 Å². The van der Waals surface area contributed by atoms with Gasteiger partial charge in [-0.05, 0) is 42.7 Å². The smallest absolute Gasteiger partial charge is 0.307 e. The lowest BCUT2D eigenvalue weighted by Crippen LogP contribution is -2.02. The Bertz CT molecular complexity index is 375. The molecule has 0 aromatic heterocycles. The molecule has 0 saturated heterocycles. The van der Waals surface area contributed by atoms with Gasteiger partial charge >= 0.3 is 5.97 Å². The zero-order valence-electron chi connectivity index (χ0n) is 9.03. The van der Waals surface area contributed by atoms with Crippen LogP contribution in [-0.2, 0) is 11.2 Å². The molecular weight excluding hydrogens is 228 g/mol. The number of aliphatic carboxylic acids is 1. The maximum atomic E-state index is 10.7. The first-order valence-electron chi connectivity index (χ1n) is 4.51. The predicted octanol–water partition coefficient (Wildman–Crippen LogP) is 3.07. The summed E-state index contributed by atoms with van der Waals surface area (Å²) in [6.45, 7) is 2.05. The molecule has 1 aromatic rings. The quantitative estimate of drug-likeness (QED) is 0.823. The van der Waals surface area contributed by atoms with Crippen LogP contribution in [0.25, 0.3) is 0 Å². The topological polar surface area (TPSA) is 37.3 Å². The third-order valence-electron chi connectivity index (χ3n) is 2.14. The fraction of sp³-hybridized carbons (Fsp3) is 0.364. The number of thioether (sulfide) groups is 2. The lowest BCUT2D eigenvalue weighted by atomic mass is 10.1. The number of carboxylic acid groups (broad SMARTS) is 1. The molecule has 15 heavy (non-hydrogen) atoms. The zero-order chi connectivity index (χ0) is 11.4. The Balaban J connectivity index is 3.16. The predicted molar refractivity (Wildman–Crippen MR) is 66.1 cm³/mol. The maximum Gasteiger partial charge on any atom is 0.307 e. The minimum absolute atomic E-state index is 0.101. The van der Waals surface area contributed by atoms with Crippen LogP contribution in [0.15, 0.2) is 21.9 Å². The van der Waals surface area contributed by atoms with Crippen LogP contribution in [0.3, 0.4) is 0 Å². The first-order chi connectivity index (χ1) is 7.08. The Morgan fingerprint density at radius 3 is 2.33 bits per heavy atom. The van der Waals surface area contributed by atoms with E-state index in [0.29, 0.717) is 0 Å². The Morgan fingerprint density at radius 2 is 1.87 bits per heavy atom. The van der Waals surface area contributed by atoms with E-state index < -0.39 is 5.97 Å². The third-order valence-corrected chi connectivity index (χ3v) is 3.84. The van der Waals surface area contributed by atoms with Gasteiger partial charge in [0.1, 0.15) is 0 Å². The average molecular weight is 242 g/mol. The Hall–Kier alpha value is -0.610. The van der Waals surface area contributed by atoms with E-state index in [1.807, 2.05) is 18.6 Å². The van der Waals surface area contributed by atoms with Crippen molar-refractivity contribution in [3.05, 3.63) is 23.3 Å². The van der Waals surface area contributed by atoms with Crippen LogP contribution in [0.1, 0.15) is 11.1 Å². The molecule has 0 unspecified atom stereocenters. The highest BCUT2D eigenvalue weighted by atomic mass is 32.2. The molecule has 1 rings (SSSR count).